The third-order valence-electron chi connectivity index (χ3n) is 6.96. The molecule has 3 rings (SSSR count). The van der Waals surface area contributed by atoms with Crippen molar-refractivity contribution in [1.82, 2.24) is 25.4 Å². The van der Waals surface area contributed by atoms with E-state index in [2.05, 4.69) is 32.6 Å². The molecule has 1 aliphatic carbocycles. The molecule has 190 valence electrons. The summed E-state index contributed by atoms with van der Waals surface area (Å²) in [7, 11) is 2.05. The molecule has 1 saturated carbocycles. The molecule has 1 aromatic heterocycles. The molecule has 1 aromatic rings. The van der Waals surface area contributed by atoms with Crippen LogP contribution in [0.25, 0.3) is 0 Å². The lowest BCUT2D eigenvalue weighted by atomic mass is 9.92. The Hall–Kier alpha value is -2.24. The number of carbonyl (C=O) groups excluding carboxylic acids is 2. The monoisotopic (exact) mass is 499 g/mol. The smallest absolute Gasteiger partial charge is 0.243 e. The van der Waals surface area contributed by atoms with Crippen LogP contribution in [0.5, 0.6) is 0 Å². The molecule has 2 amide bonds. The third kappa shape index (κ3) is 6.45. The van der Waals surface area contributed by atoms with E-state index in [1.54, 1.807) is 0 Å². The molecule has 10 nitrogen and oxygen atoms in total. The number of halogens is 2. The second-order valence-electron chi connectivity index (χ2n) is 9.41. The number of hydrogen-bond donors (Lipinski definition) is 3. The summed E-state index contributed by atoms with van der Waals surface area (Å²) in [6.07, 6.45) is 5.91. The van der Waals surface area contributed by atoms with Gasteiger partial charge in [0.2, 0.25) is 23.4 Å². The second kappa shape index (κ2) is 11.9. The fourth-order valence-electron chi connectivity index (χ4n) is 5.03. The number of rotatable bonds is 10. The van der Waals surface area contributed by atoms with Crippen molar-refractivity contribution in [2.45, 2.75) is 64.5 Å². The van der Waals surface area contributed by atoms with Crippen LogP contribution >= 0.6 is 11.6 Å². The summed E-state index contributed by atoms with van der Waals surface area (Å²) in [6.45, 7) is 5.26. The van der Waals surface area contributed by atoms with Crippen molar-refractivity contribution < 1.29 is 19.2 Å². The van der Waals surface area contributed by atoms with Crippen LogP contribution in [-0.2, 0) is 9.59 Å². The average Bonchev–Trinajstić information content (AvgIpc) is 3.32. The van der Waals surface area contributed by atoms with Crippen LogP contribution in [0.2, 0.25) is 5.28 Å². The number of nitrogens with zero attached hydrogens (tertiary/aromatic N) is 5. The molecular weight excluding hydrogens is 465 g/mol. The molecule has 0 bridgehead atoms. The first-order valence-electron chi connectivity index (χ1n) is 11.9. The second-order valence-corrected chi connectivity index (χ2v) is 9.74. The minimum atomic E-state index is -0.708. The molecule has 34 heavy (non-hydrogen) atoms. The SMILES string of the molecule is CCC1CN(c2nc(Cl)nc(NNC(=O)C(CC3CCCC3)CN(O)C=O)c2F)C(C)CN1C. The first-order chi connectivity index (χ1) is 16.2. The molecule has 3 N–H and O–H groups in total. The van der Waals surface area contributed by atoms with E-state index < -0.39 is 17.6 Å². The van der Waals surface area contributed by atoms with E-state index >= 15 is 4.39 Å². The molecule has 0 aromatic carbocycles. The number of aromatic nitrogens is 2. The number of carbonyl (C=O) groups is 2. The molecule has 3 atom stereocenters. The zero-order valence-electron chi connectivity index (χ0n) is 20.0. The molecule has 0 radical (unpaired) electrons. The van der Waals surface area contributed by atoms with Crippen LogP contribution in [0, 0.1) is 17.7 Å². The van der Waals surface area contributed by atoms with Crippen LogP contribution in [0.1, 0.15) is 52.4 Å². The van der Waals surface area contributed by atoms with Gasteiger partial charge in [0.05, 0.1) is 12.5 Å². The zero-order valence-corrected chi connectivity index (χ0v) is 20.8. The Bertz CT molecular complexity index is 858. The minimum Gasteiger partial charge on any atom is -0.348 e. The van der Waals surface area contributed by atoms with Gasteiger partial charge < -0.3 is 4.90 Å². The Balaban J connectivity index is 1.73. The topological polar surface area (TPSA) is 114 Å². The number of amides is 2. The van der Waals surface area contributed by atoms with Crippen molar-refractivity contribution in [3.63, 3.8) is 0 Å². The number of anilines is 2. The van der Waals surface area contributed by atoms with Crippen molar-refractivity contribution in [2.24, 2.45) is 11.8 Å². The van der Waals surface area contributed by atoms with Crippen molar-refractivity contribution in [2.75, 3.05) is 37.0 Å². The maximum absolute atomic E-state index is 15.4. The lowest BCUT2D eigenvalue weighted by Gasteiger charge is -2.44. The fourth-order valence-corrected chi connectivity index (χ4v) is 5.20. The van der Waals surface area contributed by atoms with Gasteiger partial charge in [-0.3, -0.25) is 30.5 Å². The molecule has 2 aliphatic rings. The van der Waals surface area contributed by atoms with Crippen LogP contribution < -0.4 is 15.8 Å². The number of hydrazine groups is 1. The number of hydroxylamine groups is 2. The Kier molecular flexibility index (Phi) is 9.26. The summed E-state index contributed by atoms with van der Waals surface area (Å²) >= 11 is 6.11. The van der Waals surface area contributed by atoms with E-state index in [4.69, 9.17) is 11.6 Å². The van der Waals surface area contributed by atoms with Crippen molar-refractivity contribution >= 4 is 35.6 Å². The molecule has 12 heteroatoms. The quantitative estimate of drug-likeness (QED) is 0.195. The van der Waals surface area contributed by atoms with Gasteiger partial charge in [-0.05, 0) is 44.3 Å². The molecule has 1 saturated heterocycles. The lowest BCUT2D eigenvalue weighted by Crippen LogP contribution is -2.56. The summed E-state index contributed by atoms with van der Waals surface area (Å²) in [6, 6.07) is 0.251. The third-order valence-corrected chi connectivity index (χ3v) is 7.13. The van der Waals surface area contributed by atoms with E-state index in [1.807, 2.05) is 18.9 Å². The van der Waals surface area contributed by atoms with Crippen molar-refractivity contribution in [1.29, 1.82) is 0 Å². The van der Waals surface area contributed by atoms with Gasteiger partial charge in [0.1, 0.15) is 0 Å². The maximum Gasteiger partial charge on any atom is 0.243 e. The average molecular weight is 500 g/mol. The van der Waals surface area contributed by atoms with Gasteiger partial charge in [0.15, 0.2) is 11.6 Å². The van der Waals surface area contributed by atoms with Gasteiger partial charge >= 0.3 is 0 Å². The summed E-state index contributed by atoms with van der Waals surface area (Å²) in [5.41, 5.74) is 5.02. The largest absolute Gasteiger partial charge is 0.348 e. The summed E-state index contributed by atoms with van der Waals surface area (Å²) in [5.74, 6) is -1.65. The summed E-state index contributed by atoms with van der Waals surface area (Å²) in [5, 5.41) is 9.96. The van der Waals surface area contributed by atoms with Gasteiger partial charge in [-0.25, -0.2) is 5.06 Å². The molecule has 0 spiro atoms. The molecule has 3 unspecified atom stereocenters. The lowest BCUT2D eigenvalue weighted by molar-refractivity contribution is -0.154. The van der Waals surface area contributed by atoms with Gasteiger partial charge in [-0.15, -0.1) is 0 Å². The molecule has 2 heterocycles. The summed E-state index contributed by atoms with van der Waals surface area (Å²) < 4.78 is 15.4. The molecular formula is C22H35ClFN7O3. The predicted molar refractivity (Wildman–Crippen MR) is 127 cm³/mol. The Labute approximate surface area is 204 Å². The normalized spacial score (nSPS) is 22.5. The first kappa shape index (κ1) is 26.4. The molecule has 1 aliphatic heterocycles. The Morgan fingerprint density at radius 2 is 2.06 bits per heavy atom. The number of likely N-dealkylation sites (N-methyl/N-ethyl adjacent to an activating group) is 1. The van der Waals surface area contributed by atoms with E-state index in [-0.39, 0.29) is 42.0 Å². The van der Waals surface area contributed by atoms with Crippen molar-refractivity contribution in [3.8, 4) is 0 Å². The Morgan fingerprint density at radius 3 is 2.71 bits per heavy atom. The highest BCUT2D eigenvalue weighted by atomic mass is 35.5. The summed E-state index contributed by atoms with van der Waals surface area (Å²) in [4.78, 5) is 35.9. The van der Waals surface area contributed by atoms with E-state index in [0.717, 1.165) is 38.6 Å². The van der Waals surface area contributed by atoms with Crippen LogP contribution in [0.15, 0.2) is 0 Å². The van der Waals surface area contributed by atoms with Crippen LogP contribution in [0.3, 0.4) is 0 Å². The number of nitrogens with one attached hydrogen (secondary N) is 2. The highest BCUT2D eigenvalue weighted by molar-refractivity contribution is 6.28. The van der Waals surface area contributed by atoms with Crippen LogP contribution in [-0.4, -0.2) is 76.2 Å². The first-order valence-corrected chi connectivity index (χ1v) is 12.3. The van der Waals surface area contributed by atoms with Gasteiger partial charge in [0.25, 0.3) is 0 Å². The standard InChI is InChI=1S/C22H35ClFN7O3/c1-4-17-12-31(14(2)10-29(17)3)20-18(24)19(25-22(23)26-20)27-28-21(33)16(11-30(34)13-32)9-15-7-5-6-8-15/h13-17,34H,4-12H2,1-3H3,(H,28,33)(H,25,26,27). The number of piperazine rings is 1. The minimum absolute atomic E-state index is 0.00498. The molecule has 2 fully saturated rings. The zero-order chi connectivity index (χ0) is 24.8. The van der Waals surface area contributed by atoms with E-state index in [0.29, 0.717) is 23.9 Å². The highest BCUT2D eigenvalue weighted by Crippen LogP contribution is 2.31. The highest BCUT2D eigenvalue weighted by Gasteiger charge is 2.32. The van der Waals surface area contributed by atoms with Gasteiger partial charge in [0, 0.05) is 25.2 Å². The fraction of sp³-hybridized carbons (Fsp3) is 0.727. The van der Waals surface area contributed by atoms with Crippen molar-refractivity contribution in [3.05, 3.63) is 11.1 Å². The van der Waals surface area contributed by atoms with Gasteiger partial charge in [-0.2, -0.15) is 14.4 Å². The predicted octanol–water partition coefficient (Wildman–Crippen LogP) is 2.68. The maximum atomic E-state index is 15.4. The Morgan fingerprint density at radius 1 is 1.35 bits per heavy atom. The van der Waals surface area contributed by atoms with E-state index in [9.17, 15) is 14.8 Å². The van der Waals surface area contributed by atoms with E-state index in [1.165, 1.54) is 0 Å². The van der Waals surface area contributed by atoms with Crippen LogP contribution in [0.4, 0.5) is 16.0 Å². The number of hydrogen-bond acceptors (Lipinski definition) is 8. The van der Waals surface area contributed by atoms with Gasteiger partial charge in [-0.1, -0.05) is 32.6 Å².